The average molecular weight is 363 g/mol. The normalized spacial score (nSPS) is 14.0. The number of aromatic nitrogens is 4. The van der Waals surface area contributed by atoms with E-state index in [4.69, 9.17) is 4.52 Å². The third-order valence-electron chi connectivity index (χ3n) is 4.45. The average Bonchev–Trinajstić information content (AvgIpc) is 3.16. The van der Waals surface area contributed by atoms with Crippen LogP contribution in [-0.4, -0.2) is 49.8 Å². The molecule has 3 aromatic rings. The molecular weight excluding hydrogens is 346 g/mol. The van der Waals surface area contributed by atoms with Gasteiger partial charge in [0.2, 0.25) is 23.4 Å². The maximum Gasteiger partial charge on any atom is 0.240 e. The van der Waals surface area contributed by atoms with Gasteiger partial charge >= 0.3 is 0 Å². The number of amides is 1. The molecule has 0 aliphatic carbocycles. The van der Waals surface area contributed by atoms with Crippen molar-refractivity contribution in [2.45, 2.75) is 18.8 Å². The Bertz CT molecular complexity index is 936. The maximum atomic E-state index is 12.3. The molecule has 0 bridgehead atoms. The van der Waals surface area contributed by atoms with Crippen molar-refractivity contribution in [2.75, 3.05) is 13.1 Å². The molecule has 1 aromatic carbocycles. The van der Waals surface area contributed by atoms with E-state index in [1.165, 1.54) is 0 Å². The lowest BCUT2D eigenvalue weighted by molar-refractivity contribution is -0.135. The largest absolute Gasteiger partial charge is 0.341 e. The second-order valence-corrected chi connectivity index (χ2v) is 6.31. The fourth-order valence-electron chi connectivity index (χ4n) is 2.89. The van der Waals surface area contributed by atoms with Gasteiger partial charge in [0.05, 0.1) is 5.92 Å². The molecule has 1 saturated heterocycles. The fourth-order valence-corrected chi connectivity index (χ4v) is 2.89. The van der Waals surface area contributed by atoms with Crippen molar-refractivity contribution in [1.82, 2.24) is 25.0 Å². The van der Waals surface area contributed by atoms with E-state index in [-0.39, 0.29) is 30.4 Å². The molecule has 0 atom stereocenters. The van der Waals surface area contributed by atoms with Gasteiger partial charge in [-0.1, -0.05) is 35.5 Å². The molecule has 0 unspecified atom stereocenters. The zero-order valence-electron chi connectivity index (χ0n) is 14.5. The number of rotatable bonds is 6. The zero-order chi connectivity index (χ0) is 18.6. The molecule has 4 rings (SSSR count). The first-order chi connectivity index (χ1) is 13.2. The van der Waals surface area contributed by atoms with Crippen LogP contribution in [0, 0.1) is 0 Å². The molecule has 136 valence electrons. The van der Waals surface area contributed by atoms with Gasteiger partial charge in [-0.05, 0) is 6.07 Å². The predicted octanol–water partition coefficient (Wildman–Crippen LogP) is 2.12. The Kier molecular flexibility index (Phi) is 4.69. The van der Waals surface area contributed by atoms with Gasteiger partial charge in [-0.15, -0.1) is 0 Å². The summed E-state index contributed by atoms with van der Waals surface area (Å²) < 4.78 is 5.27. The van der Waals surface area contributed by atoms with Crippen LogP contribution in [0.4, 0.5) is 0 Å². The summed E-state index contributed by atoms with van der Waals surface area (Å²) in [7, 11) is 0. The number of hydrogen-bond acceptors (Lipinski definition) is 7. The van der Waals surface area contributed by atoms with Crippen molar-refractivity contribution in [2.24, 2.45) is 0 Å². The second kappa shape index (κ2) is 7.45. The van der Waals surface area contributed by atoms with Crippen molar-refractivity contribution in [3.63, 3.8) is 0 Å². The highest BCUT2D eigenvalue weighted by molar-refractivity contribution is 5.97. The molecule has 1 aliphatic rings. The van der Waals surface area contributed by atoms with Crippen LogP contribution < -0.4 is 0 Å². The van der Waals surface area contributed by atoms with E-state index in [0.29, 0.717) is 36.2 Å². The minimum Gasteiger partial charge on any atom is -0.341 e. The van der Waals surface area contributed by atoms with Crippen molar-refractivity contribution < 1.29 is 14.1 Å². The molecule has 27 heavy (non-hydrogen) atoms. The Balaban J connectivity index is 1.27. The van der Waals surface area contributed by atoms with Crippen molar-refractivity contribution >= 4 is 11.7 Å². The minimum absolute atomic E-state index is 0.00346. The fraction of sp³-hybridized carbons (Fsp3) is 0.263. The Morgan fingerprint density at radius 2 is 1.74 bits per heavy atom. The highest BCUT2D eigenvalue weighted by Crippen LogP contribution is 2.27. The molecule has 0 saturated carbocycles. The highest BCUT2D eigenvalue weighted by Gasteiger charge is 2.35. The van der Waals surface area contributed by atoms with Crippen LogP contribution in [0.5, 0.6) is 0 Å². The highest BCUT2D eigenvalue weighted by atomic mass is 16.5. The van der Waals surface area contributed by atoms with Gasteiger partial charge in [0.1, 0.15) is 0 Å². The van der Waals surface area contributed by atoms with E-state index < -0.39 is 0 Å². The monoisotopic (exact) mass is 363 g/mol. The lowest BCUT2D eigenvalue weighted by atomic mass is 9.98. The van der Waals surface area contributed by atoms with Crippen LogP contribution in [-0.2, 0) is 4.79 Å². The number of likely N-dealkylation sites (tertiary alicyclic amines) is 1. The van der Waals surface area contributed by atoms with Crippen LogP contribution in [0.25, 0.3) is 11.6 Å². The van der Waals surface area contributed by atoms with Crippen molar-refractivity contribution in [3.8, 4) is 11.6 Å². The number of carbonyl (C=O) groups is 2. The molecular formula is C19H17N5O3. The van der Waals surface area contributed by atoms with Gasteiger partial charge in [0, 0.05) is 43.9 Å². The van der Waals surface area contributed by atoms with E-state index in [0.717, 1.165) is 0 Å². The number of hydrogen-bond donors (Lipinski definition) is 0. The standard InChI is InChI=1S/C19H17N5O3/c25-15(13-5-2-1-3-6-13)7-8-16(26)24-11-14(12-24)19-22-18(23-27-19)17-20-9-4-10-21-17/h1-6,9-10,14H,7-8,11-12H2. The third-order valence-corrected chi connectivity index (χ3v) is 4.45. The summed E-state index contributed by atoms with van der Waals surface area (Å²) in [6.07, 6.45) is 3.63. The summed E-state index contributed by atoms with van der Waals surface area (Å²) in [5.74, 6) is 1.15. The van der Waals surface area contributed by atoms with E-state index in [1.54, 1.807) is 35.5 Å². The van der Waals surface area contributed by atoms with Crippen LogP contribution in [0.3, 0.4) is 0 Å². The Hall–Kier alpha value is -3.42. The third kappa shape index (κ3) is 3.74. The first-order valence-corrected chi connectivity index (χ1v) is 8.68. The topological polar surface area (TPSA) is 102 Å². The van der Waals surface area contributed by atoms with E-state index >= 15 is 0 Å². The van der Waals surface area contributed by atoms with Crippen LogP contribution >= 0.6 is 0 Å². The molecule has 8 heteroatoms. The van der Waals surface area contributed by atoms with E-state index in [2.05, 4.69) is 20.1 Å². The molecule has 1 aliphatic heterocycles. The number of ketones is 1. The smallest absolute Gasteiger partial charge is 0.240 e. The molecule has 0 N–H and O–H groups in total. The molecule has 3 heterocycles. The van der Waals surface area contributed by atoms with Crippen molar-refractivity contribution in [3.05, 3.63) is 60.2 Å². The van der Waals surface area contributed by atoms with Gasteiger partial charge < -0.3 is 9.42 Å². The molecule has 0 radical (unpaired) electrons. The summed E-state index contributed by atoms with van der Waals surface area (Å²) in [6, 6.07) is 10.7. The van der Waals surface area contributed by atoms with Crippen LogP contribution in [0.2, 0.25) is 0 Å². The van der Waals surface area contributed by atoms with Gasteiger partial charge in [0.25, 0.3) is 0 Å². The number of carbonyl (C=O) groups excluding carboxylic acids is 2. The number of benzene rings is 1. The number of Topliss-reactive ketones (excluding diaryl/α,β-unsaturated/α-hetero) is 1. The first-order valence-electron chi connectivity index (χ1n) is 8.68. The predicted molar refractivity (Wildman–Crippen MR) is 94.7 cm³/mol. The molecule has 2 aromatic heterocycles. The Labute approximate surface area is 155 Å². The van der Waals surface area contributed by atoms with Crippen molar-refractivity contribution in [1.29, 1.82) is 0 Å². The maximum absolute atomic E-state index is 12.3. The quantitative estimate of drug-likeness (QED) is 0.618. The summed E-state index contributed by atoms with van der Waals surface area (Å²) in [5.41, 5.74) is 0.633. The lowest BCUT2D eigenvalue weighted by Crippen LogP contribution is -2.48. The van der Waals surface area contributed by atoms with Crippen LogP contribution in [0.1, 0.15) is 35.0 Å². The molecule has 1 fully saturated rings. The number of nitrogens with zero attached hydrogens (tertiary/aromatic N) is 5. The van der Waals surface area contributed by atoms with Gasteiger partial charge in [-0.2, -0.15) is 4.98 Å². The van der Waals surface area contributed by atoms with E-state index in [1.807, 2.05) is 18.2 Å². The van der Waals surface area contributed by atoms with Gasteiger partial charge in [0.15, 0.2) is 5.78 Å². The van der Waals surface area contributed by atoms with Crippen LogP contribution in [0.15, 0.2) is 53.3 Å². The first kappa shape index (κ1) is 17.0. The molecule has 1 amide bonds. The Morgan fingerprint density at radius 3 is 2.48 bits per heavy atom. The molecule has 0 spiro atoms. The Morgan fingerprint density at radius 1 is 1.00 bits per heavy atom. The van der Waals surface area contributed by atoms with E-state index in [9.17, 15) is 9.59 Å². The van der Waals surface area contributed by atoms with Gasteiger partial charge in [-0.25, -0.2) is 9.97 Å². The van der Waals surface area contributed by atoms with Gasteiger partial charge in [-0.3, -0.25) is 9.59 Å². The zero-order valence-corrected chi connectivity index (χ0v) is 14.5. The minimum atomic E-state index is -0.0401. The summed E-state index contributed by atoms with van der Waals surface area (Å²) in [4.78, 5) is 38.5. The second-order valence-electron chi connectivity index (χ2n) is 6.31. The summed E-state index contributed by atoms with van der Waals surface area (Å²) in [5, 5.41) is 3.89. The lowest BCUT2D eigenvalue weighted by Gasteiger charge is -2.37. The summed E-state index contributed by atoms with van der Waals surface area (Å²) in [6.45, 7) is 1.02. The SMILES string of the molecule is O=C(CCC(=O)N1CC(c2nc(-c3ncccn3)no2)C1)c1ccccc1. The summed E-state index contributed by atoms with van der Waals surface area (Å²) >= 11 is 0. The molecule has 8 nitrogen and oxygen atoms in total.